The quantitative estimate of drug-likeness (QED) is 0.870. The van der Waals surface area contributed by atoms with Crippen LogP contribution >= 0.6 is 23.6 Å². The molecule has 0 spiro atoms. The van der Waals surface area contributed by atoms with Crippen LogP contribution in [0.4, 0.5) is 0 Å². The normalized spacial score (nSPS) is 25.5. The summed E-state index contributed by atoms with van der Waals surface area (Å²) in [6, 6.07) is 4.83. The van der Waals surface area contributed by atoms with E-state index in [0.717, 1.165) is 23.2 Å². The number of thiophene rings is 1. The third-order valence-corrected chi connectivity index (χ3v) is 6.15. The average molecular weight is 336 g/mol. The van der Waals surface area contributed by atoms with E-state index in [2.05, 4.69) is 33.7 Å². The molecule has 1 saturated carbocycles. The molecular formula is C16H23N4S2+. The van der Waals surface area contributed by atoms with Gasteiger partial charge in [-0.05, 0) is 55.3 Å². The van der Waals surface area contributed by atoms with Gasteiger partial charge in [-0.25, -0.2) is 0 Å². The van der Waals surface area contributed by atoms with E-state index in [0.29, 0.717) is 6.04 Å². The maximum absolute atomic E-state index is 5.75. The Kier molecular flexibility index (Phi) is 3.92. The second-order valence-electron chi connectivity index (χ2n) is 6.77. The first-order valence-electron chi connectivity index (χ1n) is 8.29. The Morgan fingerprint density at radius 3 is 2.73 bits per heavy atom. The van der Waals surface area contributed by atoms with Gasteiger partial charge in [-0.1, -0.05) is 13.0 Å². The predicted octanol–water partition coefficient (Wildman–Crippen LogP) is 2.75. The number of piperidine rings is 1. The lowest BCUT2D eigenvalue weighted by Crippen LogP contribution is -3.12. The molecule has 2 aromatic rings. The van der Waals surface area contributed by atoms with Gasteiger partial charge in [0.15, 0.2) is 12.5 Å². The van der Waals surface area contributed by atoms with Gasteiger partial charge >= 0.3 is 0 Å². The fourth-order valence-electron chi connectivity index (χ4n) is 3.30. The SMILES string of the molecule is CC1CC[NH+](Cn2nc(-c3cccs3)n(C3CC3)c2=S)CC1. The van der Waals surface area contributed by atoms with Crippen molar-refractivity contribution in [1.82, 2.24) is 14.3 Å². The molecule has 118 valence electrons. The summed E-state index contributed by atoms with van der Waals surface area (Å²) < 4.78 is 5.29. The third kappa shape index (κ3) is 2.79. The largest absolute Gasteiger partial charge is 0.316 e. The molecule has 6 heteroatoms. The van der Waals surface area contributed by atoms with Crippen molar-refractivity contribution in [2.24, 2.45) is 5.92 Å². The first-order chi connectivity index (χ1) is 10.7. The number of hydrogen-bond donors (Lipinski definition) is 1. The van der Waals surface area contributed by atoms with Crippen molar-refractivity contribution >= 4 is 23.6 Å². The summed E-state index contributed by atoms with van der Waals surface area (Å²) in [4.78, 5) is 2.85. The van der Waals surface area contributed by atoms with Gasteiger partial charge in [0, 0.05) is 6.04 Å². The average Bonchev–Trinajstić information content (AvgIpc) is 3.09. The van der Waals surface area contributed by atoms with Gasteiger partial charge in [0.25, 0.3) is 0 Å². The number of likely N-dealkylation sites (tertiary alicyclic amines) is 1. The first kappa shape index (κ1) is 14.6. The molecule has 0 aromatic carbocycles. The van der Waals surface area contributed by atoms with Crippen LogP contribution in [-0.2, 0) is 6.67 Å². The predicted molar refractivity (Wildman–Crippen MR) is 91.7 cm³/mol. The molecule has 0 amide bonds. The van der Waals surface area contributed by atoms with Crippen LogP contribution in [-0.4, -0.2) is 27.4 Å². The van der Waals surface area contributed by atoms with Crippen molar-refractivity contribution in [2.45, 2.75) is 45.3 Å². The number of nitrogens with zero attached hydrogens (tertiary/aromatic N) is 3. The Labute approximate surface area is 140 Å². The molecule has 0 radical (unpaired) electrons. The van der Waals surface area contributed by atoms with Crippen molar-refractivity contribution < 1.29 is 4.90 Å². The van der Waals surface area contributed by atoms with E-state index < -0.39 is 0 Å². The number of nitrogens with one attached hydrogen (secondary N) is 1. The topological polar surface area (TPSA) is 27.2 Å². The van der Waals surface area contributed by atoms with E-state index in [4.69, 9.17) is 17.3 Å². The monoisotopic (exact) mass is 335 g/mol. The molecule has 1 saturated heterocycles. The molecule has 1 aliphatic carbocycles. The summed E-state index contributed by atoms with van der Waals surface area (Å²) >= 11 is 7.50. The van der Waals surface area contributed by atoms with Crippen LogP contribution in [0.3, 0.4) is 0 Å². The summed E-state index contributed by atoms with van der Waals surface area (Å²) in [5.74, 6) is 1.95. The fourth-order valence-corrected chi connectivity index (χ4v) is 4.35. The fraction of sp³-hybridized carbons (Fsp3) is 0.625. The van der Waals surface area contributed by atoms with Crippen molar-refractivity contribution in [3.05, 3.63) is 22.3 Å². The van der Waals surface area contributed by atoms with Crippen molar-refractivity contribution in [2.75, 3.05) is 13.1 Å². The van der Waals surface area contributed by atoms with Gasteiger partial charge < -0.3 is 4.90 Å². The molecule has 22 heavy (non-hydrogen) atoms. The summed E-state index contributed by atoms with van der Waals surface area (Å²) in [7, 11) is 0. The van der Waals surface area contributed by atoms with E-state index in [-0.39, 0.29) is 0 Å². The smallest absolute Gasteiger partial charge is 0.203 e. The zero-order valence-electron chi connectivity index (χ0n) is 13.0. The molecule has 2 aliphatic rings. The molecule has 3 heterocycles. The Bertz CT molecular complexity index is 688. The summed E-state index contributed by atoms with van der Waals surface area (Å²) in [5.41, 5.74) is 0. The van der Waals surface area contributed by atoms with Gasteiger partial charge in [-0.3, -0.25) is 4.57 Å². The van der Waals surface area contributed by atoms with E-state index in [1.54, 1.807) is 16.2 Å². The zero-order valence-corrected chi connectivity index (χ0v) is 14.6. The van der Waals surface area contributed by atoms with Gasteiger partial charge in [0.05, 0.1) is 18.0 Å². The van der Waals surface area contributed by atoms with Crippen LogP contribution in [0.1, 0.15) is 38.6 Å². The minimum absolute atomic E-state index is 0.578. The van der Waals surface area contributed by atoms with Gasteiger partial charge in [0.1, 0.15) is 0 Å². The second kappa shape index (κ2) is 5.91. The molecular weight excluding hydrogens is 312 g/mol. The first-order valence-corrected chi connectivity index (χ1v) is 9.58. The Morgan fingerprint density at radius 2 is 2.09 bits per heavy atom. The maximum Gasteiger partial charge on any atom is 0.203 e. The Morgan fingerprint density at radius 1 is 1.32 bits per heavy atom. The highest BCUT2D eigenvalue weighted by molar-refractivity contribution is 7.71. The lowest BCUT2D eigenvalue weighted by atomic mass is 10.00. The van der Waals surface area contributed by atoms with Gasteiger partial charge in [-0.2, -0.15) is 4.68 Å². The molecule has 2 fully saturated rings. The minimum Gasteiger partial charge on any atom is -0.316 e. The lowest BCUT2D eigenvalue weighted by molar-refractivity contribution is -0.929. The number of quaternary nitrogens is 1. The van der Waals surface area contributed by atoms with E-state index in [1.807, 2.05) is 0 Å². The summed E-state index contributed by atoms with van der Waals surface area (Å²) in [6.07, 6.45) is 5.13. The van der Waals surface area contributed by atoms with Crippen LogP contribution in [0.2, 0.25) is 0 Å². The highest BCUT2D eigenvalue weighted by atomic mass is 32.1. The van der Waals surface area contributed by atoms with Crippen LogP contribution in [0.15, 0.2) is 17.5 Å². The molecule has 0 atom stereocenters. The maximum atomic E-state index is 5.75. The second-order valence-corrected chi connectivity index (χ2v) is 8.09. The molecule has 1 N–H and O–H groups in total. The molecule has 2 aromatic heterocycles. The van der Waals surface area contributed by atoms with E-state index in [1.165, 1.54) is 43.6 Å². The van der Waals surface area contributed by atoms with Crippen molar-refractivity contribution in [3.8, 4) is 10.7 Å². The summed E-state index contributed by atoms with van der Waals surface area (Å²) in [6.45, 7) is 5.77. The number of rotatable bonds is 4. The highest BCUT2D eigenvalue weighted by Gasteiger charge is 2.30. The van der Waals surface area contributed by atoms with Crippen LogP contribution < -0.4 is 4.90 Å². The Balaban J connectivity index is 1.63. The van der Waals surface area contributed by atoms with Crippen LogP contribution in [0, 0.1) is 10.7 Å². The minimum atomic E-state index is 0.578. The van der Waals surface area contributed by atoms with Gasteiger partial charge in [0.2, 0.25) is 4.77 Å². The summed E-state index contributed by atoms with van der Waals surface area (Å²) in [5, 5.41) is 7.01. The standard InChI is InChI=1S/C16H22N4S2/c1-12-6-8-18(9-7-12)11-19-16(21)20(13-4-5-13)15(17-19)14-3-2-10-22-14/h2-3,10,12-13H,4-9,11H2,1H3/p+1. The Hall–Kier alpha value is -0.980. The van der Waals surface area contributed by atoms with Gasteiger partial charge in [-0.15, -0.1) is 16.4 Å². The molecule has 0 bridgehead atoms. The van der Waals surface area contributed by atoms with E-state index in [9.17, 15) is 0 Å². The molecule has 4 nitrogen and oxygen atoms in total. The number of aromatic nitrogens is 3. The molecule has 4 rings (SSSR count). The third-order valence-electron chi connectivity index (χ3n) is 4.88. The van der Waals surface area contributed by atoms with Crippen LogP contribution in [0.25, 0.3) is 10.7 Å². The van der Waals surface area contributed by atoms with Crippen molar-refractivity contribution in [3.63, 3.8) is 0 Å². The van der Waals surface area contributed by atoms with Crippen LogP contribution in [0.5, 0.6) is 0 Å². The highest BCUT2D eigenvalue weighted by Crippen LogP contribution is 2.39. The lowest BCUT2D eigenvalue weighted by Gasteiger charge is -2.26. The van der Waals surface area contributed by atoms with E-state index >= 15 is 0 Å². The van der Waals surface area contributed by atoms with Crippen molar-refractivity contribution in [1.29, 1.82) is 0 Å². The molecule has 1 aliphatic heterocycles. The number of hydrogen-bond acceptors (Lipinski definition) is 3. The molecule has 0 unspecified atom stereocenters. The zero-order chi connectivity index (χ0) is 15.1.